The fourth-order valence-corrected chi connectivity index (χ4v) is 5.19. The number of carbonyl (C=O) groups excluding carboxylic acids is 1. The number of piperidine rings is 1. The number of aliphatic hydroxyl groups excluding tert-OH is 1. The van der Waals surface area contributed by atoms with E-state index in [1.165, 1.54) is 5.56 Å². The van der Waals surface area contributed by atoms with Crippen LogP contribution in [0.15, 0.2) is 48.5 Å². The lowest BCUT2D eigenvalue weighted by atomic mass is 9.87. The summed E-state index contributed by atoms with van der Waals surface area (Å²) in [6.07, 6.45) is 2.37. The van der Waals surface area contributed by atoms with Gasteiger partial charge in [0.2, 0.25) is 0 Å². The minimum absolute atomic E-state index is 0. The van der Waals surface area contributed by atoms with Gasteiger partial charge in [-0.05, 0) is 69.4 Å². The Kier molecular flexibility index (Phi) is 9.59. The number of carbonyl (C=O) groups is 1. The van der Waals surface area contributed by atoms with Crippen LogP contribution in [0.25, 0.3) is 0 Å². The summed E-state index contributed by atoms with van der Waals surface area (Å²) in [5.41, 5.74) is 2.70. The number of aliphatic hydroxyl groups is 1. The molecular weight excluding hydrogens is 464 g/mol. The minimum Gasteiger partial charge on any atom is -0.491 e. The molecule has 1 atom stereocenters. The molecule has 192 valence electrons. The van der Waals surface area contributed by atoms with Crippen molar-refractivity contribution in [3.63, 3.8) is 0 Å². The summed E-state index contributed by atoms with van der Waals surface area (Å²) >= 11 is 0. The number of halogens is 1. The van der Waals surface area contributed by atoms with Gasteiger partial charge in [0, 0.05) is 44.9 Å². The lowest BCUT2D eigenvalue weighted by molar-refractivity contribution is -0.178. The summed E-state index contributed by atoms with van der Waals surface area (Å²) in [5, 5.41) is 9.55. The Morgan fingerprint density at radius 3 is 2.51 bits per heavy atom. The molecule has 2 aliphatic heterocycles. The fourth-order valence-electron chi connectivity index (χ4n) is 5.19. The average Bonchev–Trinajstić information content (AvgIpc) is 2.81. The Bertz CT molecular complexity index is 961. The Balaban J connectivity index is 0.00000342. The SMILES string of the molecule is Cc1cc(C(=O)N2CCC3(CC2)CN(Cc2ccccc2)CC(CCO)O3)ccc1OC(C)C.Cl. The number of likely N-dealkylation sites (tertiary alicyclic amines) is 1. The Morgan fingerprint density at radius 1 is 1.17 bits per heavy atom. The Labute approximate surface area is 215 Å². The number of rotatable bonds is 7. The predicted molar refractivity (Wildman–Crippen MR) is 140 cm³/mol. The van der Waals surface area contributed by atoms with Crippen molar-refractivity contribution in [2.45, 2.75) is 64.4 Å². The summed E-state index contributed by atoms with van der Waals surface area (Å²) in [5.74, 6) is 0.895. The van der Waals surface area contributed by atoms with Gasteiger partial charge in [0.25, 0.3) is 5.91 Å². The van der Waals surface area contributed by atoms with Crippen molar-refractivity contribution in [3.8, 4) is 5.75 Å². The second-order valence-corrected chi connectivity index (χ2v) is 10.0. The van der Waals surface area contributed by atoms with E-state index < -0.39 is 0 Å². The Hall–Kier alpha value is -2.12. The first-order valence-electron chi connectivity index (χ1n) is 12.5. The molecule has 0 aliphatic carbocycles. The van der Waals surface area contributed by atoms with Crippen molar-refractivity contribution in [2.75, 3.05) is 32.8 Å². The van der Waals surface area contributed by atoms with Crippen LogP contribution in [-0.2, 0) is 11.3 Å². The first kappa shape index (κ1) is 27.5. The largest absolute Gasteiger partial charge is 0.491 e. The van der Waals surface area contributed by atoms with E-state index in [9.17, 15) is 9.90 Å². The maximum Gasteiger partial charge on any atom is 0.253 e. The molecule has 0 saturated carbocycles. The van der Waals surface area contributed by atoms with Crippen LogP contribution in [0.3, 0.4) is 0 Å². The highest BCUT2D eigenvalue weighted by molar-refractivity contribution is 5.94. The van der Waals surface area contributed by atoms with E-state index in [2.05, 4.69) is 29.2 Å². The van der Waals surface area contributed by atoms with E-state index in [0.29, 0.717) is 25.1 Å². The molecule has 1 N–H and O–H groups in total. The second kappa shape index (κ2) is 12.2. The Morgan fingerprint density at radius 2 is 1.89 bits per heavy atom. The fraction of sp³-hybridized carbons (Fsp3) is 0.536. The standard InChI is InChI=1S/C28H38N2O4.ClH/c1-21(2)33-26-10-9-24(17-22(26)3)27(32)30-14-12-28(13-15-30)20-29(19-25(34-28)11-16-31)18-23-7-5-4-6-8-23;/h4-10,17,21,25,31H,11-16,18-20H2,1-3H3;1H. The topological polar surface area (TPSA) is 62.2 Å². The van der Waals surface area contributed by atoms with Gasteiger partial charge in [-0.25, -0.2) is 0 Å². The third-order valence-corrected chi connectivity index (χ3v) is 6.84. The number of amides is 1. The third-order valence-electron chi connectivity index (χ3n) is 6.84. The van der Waals surface area contributed by atoms with Gasteiger partial charge in [-0.2, -0.15) is 0 Å². The first-order chi connectivity index (χ1) is 16.4. The van der Waals surface area contributed by atoms with E-state index in [0.717, 1.165) is 43.8 Å². The van der Waals surface area contributed by atoms with Crippen molar-refractivity contribution in [2.24, 2.45) is 0 Å². The number of ether oxygens (including phenoxy) is 2. The van der Waals surface area contributed by atoms with Crippen LogP contribution in [0, 0.1) is 6.92 Å². The summed E-state index contributed by atoms with van der Waals surface area (Å²) in [7, 11) is 0. The van der Waals surface area contributed by atoms with Crippen LogP contribution >= 0.6 is 12.4 Å². The molecule has 6 nitrogen and oxygen atoms in total. The molecule has 35 heavy (non-hydrogen) atoms. The van der Waals surface area contributed by atoms with Crippen LogP contribution in [0.5, 0.6) is 5.75 Å². The minimum atomic E-state index is -0.269. The van der Waals surface area contributed by atoms with Crippen LogP contribution < -0.4 is 4.74 Å². The molecule has 2 heterocycles. The molecule has 2 aliphatic rings. The molecule has 2 fully saturated rings. The molecule has 0 bridgehead atoms. The molecule has 2 aromatic carbocycles. The highest BCUT2D eigenvalue weighted by Gasteiger charge is 2.43. The maximum absolute atomic E-state index is 13.2. The predicted octanol–water partition coefficient (Wildman–Crippen LogP) is 4.46. The quantitative estimate of drug-likeness (QED) is 0.605. The normalized spacial score (nSPS) is 20.0. The summed E-state index contributed by atoms with van der Waals surface area (Å²) in [4.78, 5) is 17.6. The molecule has 2 aromatic rings. The highest BCUT2D eigenvalue weighted by atomic mass is 35.5. The third kappa shape index (κ3) is 6.98. The van der Waals surface area contributed by atoms with Crippen LogP contribution in [0.4, 0.5) is 0 Å². The molecular formula is C28H39ClN2O4. The summed E-state index contributed by atoms with van der Waals surface area (Å²) in [6, 6.07) is 16.2. The zero-order chi connectivity index (χ0) is 24.1. The lowest BCUT2D eigenvalue weighted by Crippen LogP contribution is -2.60. The van der Waals surface area contributed by atoms with E-state index in [-0.39, 0.29) is 42.7 Å². The number of aryl methyl sites for hydroxylation is 1. The average molecular weight is 503 g/mol. The summed E-state index contributed by atoms with van der Waals surface area (Å²) < 4.78 is 12.4. The number of hydrogen-bond donors (Lipinski definition) is 1. The van der Waals surface area contributed by atoms with Crippen LogP contribution in [0.2, 0.25) is 0 Å². The van der Waals surface area contributed by atoms with E-state index in [1.54, 1.807) is 0 Å². The van der Waals surface area contributed by atoms with Gasteiger partial charge < -0.3 is 19.5 Å². The highest BCUT2D eigenvalue weighted by Crippen LogP contribution is 2.34. The number of nitrogens with zero attached hydrogens (tertiary/aromatic N) is 2. The van der Waals surface area contributed by atoms with Gasteiger partial charge in [-0.3, -0.25) is 9.69 Å². The van der Waals surface area contributed by atoms with Gasteiger partial charge >= 0.3 is 0 Å². The zero-order valence-electron chi connectivity index (χ0n) is 21.1. The molecule has 1 spiro atoms. The first-order valence-corrected chi connectivity index (χ1v) is 12.5. The van der Waals surface area contributed by atoms with Crippen LogP contribution in [0.1, 0.15) is 54.6 Å². The van der Waals surface area contributed by atoms with Gasteiger partial charge in [0.15, 0.2) is 0 Å². The van der Waals surface area contributed by atoms with Crippen LogP contribution in [-0.4, -0.2) is 71.4 Å². The van der Waals surface area contributed by atoms with E-state index in [4.69, 9.17) is 9.47 Å². The smallest absolute Gasteiger partial charge is 0.253 e. The number of benzene rings is 2. The summed E-state index contributed by atoms with van der Waals surface area (Å²) in [6.45, 7) is 10.0. The van der Waals surface area contributed by atoms with Crippen molar-refractivity contribution in [1.82, 2.24) is 9.80 Å². The second-order valence-electron chi connectivity index (χ2n) is 10.0. The number of hydrogen-bond acceptors (Lipinski definition) is 5. The molecule has 0 radical (unpaired) electrons. The van der Waals surface area contributed by atoms with Gasteiger partial charge in [-0.1, -0.05) is 30.3 Å². The lowest BCUT2D eigenvalue weighted by Gasteiger charge is -2.50. The molecule has 0 aromatic heterocycles. The maximum atomic E-state index is 13.2. The van der Waals surface area contributed by atoms with Crippen molar-refractivity contribution in [1.29, 1.82) is 0 Å². The van der Waals surface area contributed by atoms with Gasteiger partial charge in [0.1, 0.15) is 5.75 Å². The number of morpholine rings is 1. The van der Waals surface area contributed by atoms with E-state index in [1.807, 2.05) is 49.9 Å². The van der Waals surface area contributed by atoms with Crippen molar-refractivity contribution >= 4 is 18.3 Å². The monoisotopic (exact) mass is 502 g/mol. The molecule has 4 rings (SSSR count). The molecule has 2 saturated heterocycles. The molecule has 1 amide bonds. The van der Waals surface area contributed by atoms with Gasteiger partial charge in [-0.15, -0.1) is 12.4 Å². The molecule has 1 unspecified atom stereocenters. The van der Waals surface area contributed by atoms with Crippen molar-refractivity contribution in [3.05, 3.63) is 65.2 Å². The van der Waals surface area contributed by atoms with E-state index >= 15 is 0 Å². The zero-order valence-corrected chi connectivity index (χ0v) is 21.9. The van der Waals surface area contributed by atoms with Crippen molar-refractivity contribution < 1.29 is 19.4 Å². The molecule has 7 heteroatoms. The van der Waals surface area contributed by atoms with Gasteiger partial charge in [0.05, 0.1) is 17.8 Å².